The van der Waals surface area contributed by atoms with Gasteiger partial charge >= 0.3 is 0 Å². The van der Waals surface area contributed by atoms with Crippen LogP contribution >= 0.6 is 0 Å². The molecule has 4 rings (SSSR count). The van der Waals surface area contributed by atoms with Crippen molar-refractivity contribution in [3.63, 3.8) is 0 Å². The van der Waals surface area contributed by atoms with Crippen molar-refractivity contribution < 1.29 is 29.0 Å². The van der Waals surface area contributed by atoms with E-state index in [-0.39, 0.29) is 23.6 Å². The molecule has 2 heterocycles. The lowest BCUT2D eigenvalue weighted by molar-refractivity contribution is -0.140. The van der Waals surface area contributed by atoms with Gasteiger partial charge in [-0.25, -0.2) is 0 Å². The van der Waals surface area contributed by atoms with Gasteiger partial charge in [0, 0.05) is 5.56 Å². The van der Waals surface area contributed by atoms with Crippen LogP contribution in [0.3, 0.4) is 0 Å². The standard InChI is InChI=1S/C25H23NO6/c1-14-12-20(31-3)15(2)11-19(14)23(28)21-22(16-6-8-17(27)9-7-16)26(25(30)24(21)29)13-18-5-4-10-32-18/h4-12,22,27-28H,13H2,1-3H3/b23-21+. The zero-order chi connectivity index (χ0) is 23.0. The fourth-order valence-corrected chi connectivity index (χ4v) is 4.03. The summed E-state index contributed by atoms with van der Waals surface area (Å²) in [5.41, 5.74) is 2.50. The molecule has 1 saturated heterocycles. The van der Waals surface area contributed by atoms with Crippen molar-refractivity contribution >= 4 is 17.4 Å². The molecule has 32 heavy (non-hydrogen) atoms. The quantitative estimate of drug-likeness (QED) is 0.355. The molecule has 0 radical (unpaired) electrons. The highest BCUT2D eigenvalue weighted by atomic mass is 16.5. The number of hydrogen-bond donors (Lipinski definition) is 2. The molecular formula is C25H23NO6. The summed E-state index contributed by atoms with van der Waals surface area (Å²) in [7, 11) is 1.56. The van der Waals surface area contributed by atoms with Gasteiger partial charge in [0.15, 0.2) is 0 Å². The number of carbonyl (C=O) groups excluding carboxylic acids is 2. The Morgan fingerprint density at radius 3 is 2.44 bits per heavy atom. The number of benzene rings is 2. The van der Waals surface area contributed by atoms with Crippen molar-refractivity contribution in [3.8, 4) is 11.5 Å². The molecule has 7 nitrogen and oxygen atoms in total. The van der Waals surface area contributed by atoms with Crippen LogP contribution in [0.25, 0.3) is 5.76 Å². The molecule has 1 aromatic heterocycles. The van der Waals surface area contributed by atoms with E-state index in [1.807, 2.05) is 6.92 Å². The van der Waals surface area contributed by atoms with Crippen molar-refractivity contribution in [2.75, 3.05) is 7.11 Å². The number of aromatic hydroxyl groups is 1. The van der Waals surface area contributed by atoms with E-state index in [9.17, 15) is 19.8 Å². The van der Waals surface area contributed by atoms with Crippen LogP contribution < -0.4 is 4.74 Å². The molecule has 1 atom stereocenters. The average molecular weight is 433 g/mol. The number of phenols is 1. The molecule has 0 aliphatic carbocycles. The summed E-state index contributed by atoms with van der Waals surface area (Å²) in [4.78, 5) is 27.5. The normalized spacial score (nSPS) is 17.7. The molecule has 2 N–H and O–H groups in total. The van der Waals surface area contributed by atoms with Crippen molar-refractivity contribution in [1.29, 1.82) is 0 Å². The summed E-state index contributed by atoms with van der Waals surface area (Å²) in [6.07, 6.45) is 1.49. The molecule has 7 heteroatoms. The van der Waals surface area contributed by atoms with Gasteiger partial charge in [-0.15, -0.1) is 0 Å². The number of ketones is 1. The number of phenolic OH excluding ortho intramolecular Hbond substituents is 1. The number of hydrogen-bond acceptors (Lipinski definition) is 6. The first-order valence-electron chi connectivity index (χ1n) is 10.1. The van der Waals surface area contributed by atoms with Crippen molar-refractivity contribution in [1.82, 2.24) is 4.90 Å². The van der Waals surface area contributed by atoms with E-state index >= 15 is 0 Å². The molecule has 164 valence electrons. The topological polar surface area (TPSA) is 100 Å². The van der Waals surface area contributed by atoms with Gasteiger partial charge in [-0.2, -0.15) is 0 Å². The monoisotopic (exact) mass is 433 g/mol. The van der Waals surface area contributed by atoms with Gasteiger partial charge in [0.1, 0.15) is 23.0 Å². The zero-order valence-electron chi connectivity index (χ0n) is 18.0. The Bertz CT molecular complexity index is 1210. The zero-order valence-corrected chi connectivity index (χ0v) is 18.0. The number of rotatable bonds is 5. The number of nitrogens with zero attached hydrogens (tertiary/aromatic N) is 1. The van der Waals surface area contributed by atoms with Crippen LogP contribution in [0.15, 0.2) is 64.8 Å². The molecule has 1 unspecified atom stereocenters. The van der Waals surface area contributed by atoms with Crippen molar-refractivity contribution in [2.45, 2.75) is 26.4 Å². The lowest BCUT2D eigenvalue weighted by atomic mass is 9.93. The predicted octanol–water partition coefficient (Wildman–Crippen LogP) is 4.23. The minimum atomic E-state index is -0.845. The minimum absolute atomic E-state index is 0.0140. The molecule has 1 aliphatic heterocycles. The Labute approximate surface area is 185 Å². The second kappa shape index (κ2) is 8.26. The van der Waals surface area contributed by atoms with Crippen LogP contribution in [0.5, 0.6) is 11.5 Å². The number of methoxy groups -OCH3 is 1. The number of likely N-dealkylation sites (tertiary alicyclic amines) is 1. The van der Waals surface area contributed by atoms with Gasteiger partial charge in [-0.1, -0.05) is 12.1 Å². The summed E-state index contributed by atoms with van der Waals surface area (Å²) in [6, 6.07) is 12.3. The maximum absolute atomic E-state index is 13.1. The number of Topliss-reactive ketones (excluding diaryl/α,β-unsaturated/α-hetero) is 1. The summed E-state index contributed by atoms with van der Waals surface area (Å²) < 4.78 is 10.7. The lowest BCUT2D eigenvalue weighted by Gasteiger charge is -2.24. The van der Waals surface area contributed by atoms with Crippen LogP contribution in [-0.2, 0) is 16.1 Å². The van der Waals surface area contributed by atoms with Gasteiger partial charge < -0.3 is 24.3 Å². The molecule has 2 aromatic carbocycles. The van der Waals surface area contributed by atoms with Crippen molar-refractivity contribution in [3.05, 3.63) is 88.4 Å². The third-order valence-electron chi connectivity index (χ3n) is 5.65. The van der Waals surface area contributed by atoms with E-state index in [1.54, 1.807) is 50.4 Å². The van der Waals surface area contributed by atoms with E-state index in [0.717, 1.165) is 5.56 Å². The maximum atomic E-state index is 13.1. The SMILES string of the molecule is COc1cc(C)c(/C(O)=C2\C(=O)C(=O)N(Cc3ccco3)C2c2ccc(O)cc2)cc1C. The Hall–Kier alpha value is -4.00. The number of furan rings is 1. The van der Waals surface area contributed by atoms with Gasteiger partial charge in [0.2, 0.25) is 0 Å². The predicted molar refractivity (Wildman–Crippen MR) is 117 cm³/mol. The van der Waals surface area contributed by atoms with Crippen LogP contribution in [-0.4, -0.2) is 33.9 Å². The minimum Gasteiger partial charge on any atom is -0.508 e. The van der Waals surface area contributed by atoms with Gasteiger partial charge in [0.25, 0.3) is 11.7 Å². The average Bonchev–Trinajstić information content (AvgIpc) is 3.37. The number of aliphatic hydroxyl groups excluding tert-OH is 1. The van der Waals surface area contributed by atoms with Crippen LogP contribution in [0.1, 0.15) is 34.1 Å². The van der Waals surface area contributed by atoms with Gasteiger partial charge in [-0.3, -0.25) is 9.59 Å². The summed E-state index contributed by atoms with van der Waals surface area (Å²) in [5.74, 6) is -0.548. The number of aryl methyl sites for hydroxylation is 2. The Kier molecular flexibility index (Phi) is 5.48. The van der Waals surface area contributed by atoms with Gasteiger partial charge in [0.05, 0.1) is 31.5 Å². The molecule has 0 saturated carbocycles. The Morgan fingerprint density at radius 2 is 1.81 bits per heavy atom. The molecular weight excluding hydrogens is 410 g/mol. The highest BCUT2D eigenvalue weighted by molar-refractivity contribution is 6.46. The Balaban J connectivity index is 1.90. The van der Waals surface area contributed by atoms with E-state index in [4.69, 9.17) is 9.15 Å². The first-order chi connectivity index (χ1) is 15.3. The number of ether oxygens (including phenoxy) is 1. The highest BCUT2D eigenvalue weighted by Crippen LogP contribution is 2.41. The summed E-state index contributed by atoms with van der Waals surface area (Å²) in [5, 5.41) is 21.0. The van der Waals surface area contributed by atoms with Gasteiger partial charge in [-0.05, 0) is 66.9 Å². The van der Waals surface area contributed by atoms with E-state index in [1.165, 1.54) is 23.3 Å². The molecule has 1 fully saturated rings. The van der Waals surface area contributed by atoms with Crippen LogP contribution in [0.2, 0.25) is 0 Å². The van der Waals surface area contributed by atoms with Crippen molar-refractivity contribution in [2.24, 2.45) is 0 Å². The maximum Gasteiger partial charge on any atom is 0.296 e. The Morgan fingerprint density at radius 1 is 1.09 bits per heavy atom. The van der Waals surface area contributed by atoms with E-state index in [0.29, 0.717) is 28.2 Å². The smallest absolute Gasteiger partial charge is 0.296 e. The molecule has 1 amide bonds. The fraction of sp³-hybridized carbons (Fsp3) is 0.200. The first kappa shape index (κ1) is 21.2. The summed E-state index contributed by atoms with van der Waals surface area (Å²) >= 11 is 0. The highest BCUT2D eigenvalue weighted by Gasteiger charge is 2.46. The molecule has 0 spiro atoms. The molecule has 1 aliphatic rings. The summed E-state index contributed by atoms with van der Waals surface area (Å²) in [6.45, 7) is 3.69. The third kappa shape index (κ3) is 3.62. The molecule has 3 aromatic rings. The first-order valence-corrected chi connectivity index (χ1v) is 10.1. The second-order valence-corrected chi connectivity index (χ2v) is 7.73. The number of aliphatic hydroxyl groups is 1. The molecule has 0 bridgehead atoms. The van der Waals surface area contributed by atoms with Crippen LogP contribution in [0, 0.1) is 13.8 Å². The second-order valence-electron chi connectivity index (χ2n) is 7.73. The third-order valence-corrected chi connectivity index (χ3v) is 5.65. The van der Waals surface area contributed by atoms with E-state index < -0.39 is 17.7 Å². The van der Waals surface area contributed by atoms with Crippen LogP contribution in [0.4, 0.5) is 0 Å². The lowest BCUT2D eigenvalue weighted by Crippen LogP contribution is -2.29. The van der Waals surface area contributed by atoms with E-state index in [2.05, 4.69) is 0 Å². The number of amides is 1. The largest absolute Gasteiger partial charge is 0.508 e. The fourth-order valence-electron chi connectivity index (χ4n) is 4.03. The number of carbonyl (C=O) groups is 2.